The number of aryl methyl sites for hydroxylation is 1. The standard InChI is InChI=1S/C30H36FN3O4S/c1-5-24-13-17-27(18-14-24)34(39(37,38)28-9-7-6-8-10-28)21-29(35)33(20-25-11-15-26(31)16-12-25)23(4)30(36)32-19-22(2)3/h6-18,22-23H,5,19-21H2,1-4H3,(H,32,36). The van der Waals surface area contributed by atoms with Crippen LogP contribution >= 0.6 is 0 Å². The molecule has 39 heavy (non-hydrogen) atoms. The van der Waals surface area contributed by atoms with Crippen LogP contribution in [0.5, 0.6) is 0 Å². The minimum Gasteiger partial charge on any atom is -0.354 e. The van der Waals surface area contributed by atoms with E-state index >= 15 is 0 Å². The lowest BCUT2D eigenvalue weighted by Gasteiger charge is -2.32. The van der Waals surface area contributed by atoms with Crippen molar-refractivity contribution in [1.82, 2.24) is 10.2 Å². The predicted octanol–water partition coefficient (Wildman–Crippen LogP) is 4.77. The van der Waals surface area contributed by atoms with Gasteiger partial charge in [0.05, 0.1) is 10.6 Å². The molecule has 1 atom stereocenters. The van der Waals surface area contributed by atoms with Crippen LogP contribution in [0.1, 0.15) is 38.8 Å². The Morgan fingerprint density at radius 3 is 2.03 bits per heavy atom. The second-order valence-electron chi connectivity index (χ2n) is 9.81. The molecule has 0 radical (unpaired) electrons. The number of anilines is 1. The van der Waals surface area contributed by atoms with E-state index in [1.54, 1.807) is 37.3 Å². The van der Waals surface area contributed by atoms with Gasteiger partial charge in [-0.3, -0.25) is 13.9 Å². The number of hydrogen-bond donors (Lipinski definition) is 1. The van der Waals surface area contributed by atoms with E-state index in [-0.39, 0.29) is 23.3 Å². The van der Waals surface area contributed by atoms with Gasteiger partial charge in [-0.25, -0.2) is 12.8 Å². The molecule has 1 N–H and O–H groups in total. The van der Waals surface area contributed by atoms with Crippen LogP contribution in [-0.2, 0) is 32.6 Å². The molecule has 1 unspecified atom stereocenters. The van der Waals surface area contributed by atoms with Crippen molar-refractivity contribution >= 4 is 27.5 Å². The van der Waals surface area contributed by atoms with Crippen molar-refractivity contribution in [3.8, 4) is 0 Å². The molecule has 3 aromatic rings. The molecule has 3 rings (SSSR count). The number of benzene rings is 3. The molecular formula is C30H36FN3O4S. The van der Waals surface area contributed by atoms with Crippen molar-refractivity contribution in [3.63, 3.8) is 0 Å². The molecule has 0 aliphatic heterocycles. The Bertz CT molecular complexity index is 1350. The molecule has 3 aromatic carbocycles. The first-order valence-electron chi connectivity index (χ1n) is 13.0. The summed E-state index contributed by atoms with van der Waals surface area (Å²) in [4.78, 5) is 28.2. The summed E-state index contributed by atoms with van der Waals surface area (Å²) in [7, 11) is -4.11. The summed E-state index contributed by atoms with van der Waals surface area (Å²) in [5, 5.41) is 2.84. The third-order valence-corrected chi connectivity index (χ3v) is 8.15. The maximum Gasteiger partial charge on any atom is 0.264 e. The number of hydrogen-bond acceptors (Lipinski definition) is 4. The first-order valence-corrected chi connectivity index (χ1v) is 14.4. The topological polar surface area (TPSA) is 86.8 Å². The highest BCUT2D eigenvalue weighted by Crippen LogP contribution is 2.25. The van der Waals surface area contributed by atoms with Crippen LogP contribution in [0.3, 0.4) is 0 Å². The van der Waals surface area contributed by atoms with Gasteiger partial charge in [-0.1, -0.05) is 63.2 Å². The summed E-state index contributed by atoms with van der Waals surface area (Å²) in [5.74, 6) is -1.13. The molecule has 0 fully saturated rings. The first-order chi connectivity index (χ1) is 18.5. The molecule has 9 heteroatoms. The van der Waals surface area contributed by atoms with Crippen molar-refractivity contribution in [1.29, 1.82) is 0 Å². The van der Waals surface area contributed by atoms with Gasteiger partial charge in [-0.15, -0.1) is 0 Å². The summed E-state index contributed by atoms with van der Waals surface area (Å²) in [6.45, 7) is 7.43. The van der Waals surface area contributed by atoms with Crippen LogP contribution < -0.4 is 9.62 Å². The summed E-state index contributed by atoms with van der Waals surface area (Å²) in [5.41, 5.74) is 1.97. The zero-order valence-electron chi connectivity index (χ0n) is 22.8. The quantitative estimate of drug-likeness (QED) is 0.350. The third kappa shape index (κ3) is 7.89. The second kappa shape index (κ2) is 13.4. The summed E-state index contributed by atoms with van der Waals surface area (Å²) in [6.07, 6.45) is 0.777. The van der Waals surface area contributed by atoms with Crippen LogP contribution in [0.2, 0.25) is 0 Å². The van der Waals surface area contributed by atoms with Gasteiger partial charge < -0.3 is 10.2 Å². The molecule has 2 amide bonds. The van der Waals surface area contributed by atoms with E-state index in [9.17, 15) is 22.4 Å². The SMILES string of the molecule is CCc1ccc(N(CC(=O)N(Cc2ccc(F)cc2)C(C)C(=O)NCC(C)C)S(=O)(=O)c2ccccc2)cc1. The lowest BCUT2D eigenvalue weighted by molar-refractivity contribution is -0.139. The van der Waals surface area contributed by atoms with Gasteiger partial charge in [-0.05, 0) is 66.8 Å². The second-order valence-corrected chi connectivity index (χ2v) is 11.7. The van der Waals surface area contributed by atoms with E-state index in [2.05, 4.69) is 5.32 Å². The Morgan fingerprint density at radius 1 is 0.872 bits per heavy atom. The number of sulfonamides is 1. The van der Waals surface area contributed by atoms with E-state index in [1.165, 1.54) is 41.3 Å². The number of carbonyl (C=O) groups is 2. The number of nitrogens with zero attached hydrogens (tertiary/aromatic N) is 2. The fourth-order valence-corrected chi connectivity index (χ4v) is 5.40. The molecule has 208 valence electrons. The Kier molecular flexibility index (Phi) is 10.2. The predicted molar refractivity (Wildman–Crippen MR) is 151 cm³/mol. The number of nitrogens with one attached hydrogen (secondary N) is 1. The van der Waals surface area contributed by atoms with E-state index < -0.39 is 34.3 Å². The normalized spacial score (nSPS) is 12.2. The lowest BCUT2D eigenvalue weighted by Crippen LogP contribution is -2.51. The van der Waals surface area contributed by atoms with E-state index in [0.29, 0.717) is 17.8 Å². The highest BCUT2D eigenvalue weighted by Gasteiger charge is 2.32. The fourth-order valence-electron chi connectivity index (χ4n) is 3.97. The van der Waals surface area contributed by atoms with Gasteiger partial charge >= 0.3 is 0 Å². The number of amides is 2. The highest BCUT2D eigenvalue weighted by atomic mass is 32.2. The van der Waals surface area contributed by atoms with Crippen molar-refractivity contribution in [2.24, 2.45) is 5.92 Å². The Labute approximate surface area is 230 Å². The Hall–Kier alpha value is -3.72. The molecule has 7 nitrogen and oxygen atoms in total. The third-order valence-electron chi connectivity index (χ3n) is 6.36. The summed E-state index contributed by atoms with van der Waals surface area (Å²) < 4.78 is 42.1. The average Bonchev–Trinajstić information content (AvgIpc) is 2.94. The Balaban J connectivity index is 1.99. The Morgan fingerprint density at radius 2 is 1.46 bits per heavy atom. The largest absolute Gasteiger partial charge is 0.354 e. The van der Waals surface area contributed by atoms with Crippen LogP contribution in [0.25, 0.3) is 0 Å². The van der Waals surface area contributed by atoms with E-state index in [0.717, 1.165) is 16.3 Å². The minimum atomic E-state index is -4.11. The molecule has 0 aliphatic carbocycles. The zero-order chi connectivity index (χ0) is 28.6. The summed E-state index contributed by atoms with van der Waals surface area (Å²) >= 11 is 0. The first kappa shape index (κ1) is 29.8. The lowest BCUT2D eigenvalue weighted by atomic mass is 10.1. The van der Waals surface area contributed by atoms with E-state index in [4.69, 9.17) is 0 Å². The minimum absolute atomic E-state index is 0.00335. The van der Waals surface area contributed by atoms with Crippen LogP contribution in [0.15, 0.2) is 83.8 Å². The smallest absolute Gasteiger partial charge is 0.264 e. The number of rotatable bonds is 12. The molecule has 0 heterocycles. The maximum atomic E-state index is 13.8. The van der Waals surface area contributed by atoms with E-state index in [1.807, 2.05) is 32.9 Å². The molecule has 0 bridgehead atoms. The van der Waals surface area contributed by atoms with Crippen molar-refractivity contribution in [3.05, 3.63) is 95.8 Å². The fraction of sp³-hybridized carbons (Fsp3) is 0.333. The highest BCUT2D eigenvalue weighted by molar-refractivity contribution is 7.92. The molecular weight excluding hydrogens is 517 g/mol. The molecule has 0 spiro atoms. The molecule has 0 saturated carbocycles. The maximum absolute atomic E-state index is 13.8. The molecule has 0 aromatic heterocycles. The number of carbonyl (C=O) groups excluding carboxylic acids is 2. The monoisotopic (exact) mass is 553 g/mol. The van der Waals surface area contributed by atoms with Crippen molar-refractivity contribution in [2.75, 3.05) is 17.4 Å². The van der Waals surface area contributed by atoms with Gasteiger partial charge in [0.25, 0.3) is 10.0 Å². The van der Waals surface area contributed by atoms with Gasteiger partial charge in [0.1, 0.15) is 18.4 Å². The van der Waals surface area contributed by atoms with Crippen LogP contribution in [0.4, 0.5) is 10.1 Å². The zero-order valence-corrected chi connectivity index (χ0v) is 23.6. The molecule has 0 saturated heterocycles. The van der Waals surface area contributed by atoms with Crippen molar-refractivity contribution in [2.45, 2.75) is 51.6 Å². The van der Waals surface area contributed by atoms with Gasteiger partial charge in [0, 0.05) is 13.1 Å². The van der Waals surface area contributed by atoms with Crippen LogP contribution in [0, 0.1) is 11.7 Å². The van der Waals surface area contributed by atoms with Gasteiger partial charge in [0.2, 0.25) is 11.8 Å². The van der Waals surface area contributed by atoms with Gasteiger partial charge in [-0.2, -0.15) is 0 Å². The molecule has 0 aliphatic rings. The van der Waals surface area contributed by atoms with Gasteiger partial charge in [0.15, 0.2) is 0 Å². The van der Waals surface area contributed by atoms with Crippen LogP contribution in [-0.4, -0.2) is 44.3 Å². The average molecular weight is 554 g/mol. The van der Waals surface area contributed by atoms with Crippen molar-refractivity contribution < 1.29 is 22.4 Å². The number of halogens is 1. The summed E-state index contributed by atoms with van der Waals surface area (Å²) in [6, 6.07) is 19.7.